The predicted octanol–water partition coefficient (Wildman–Crippen LogP) is 1.59. The fourth-order valence-electron chi connectivity index (χ4n) is 1.97. The third kappa shape index (κ3) is 5.11. The van der Waals surface area contributed by atoms with Gasteiger partial charge in [0, 0.05) is 25.8 Å². The molecule has 1 amide bonds. The molecule has 0 aliphatic rings. The second kappa shape index (κ2) is 9.13. The lowest BCUT2D eigenvalue weighted by atomic mass is 10.2. The number of rotatable bonds is 9. The maximum Gasteiger partial charge on any atom is 0.354 e. The van der Waals surface area contributed by atoms with Crippen molar-refractivity contribution in [3.05, 3.63) is 52.3 Å². The first-order chi connectivity index (χ1) is 12.1. The van der Waals surface area contributed by atoms with Gasteiger partial charge in [0.25, 0.3) is 5.91 Å². The zero-order valence-electron chi connectivity index (χ0n) is 13.6. The SMILES string of the molecule is COCCCNc1ncnc(NNC(=O)c2ccccc2)c1[N+](=O)[O-]. The van der Waals surface area contributed by atoms with Crippen molar-refractivity contribution in [1.82, 2.24) is 15.4 Å². The summed E-state index contributed by atoms with van der Waals surface area (Å²) in [7, 11) is 1.57. The largest absolute Gasteiger partial charge is 0.385 e. The molecule has 0 radical (unpaired) electrons. The minimum absolute atomic E-state index is 0.0626. The van der Waals surface area contributed by atoms with Crippen LogP contribution in [0.3, 0.4) is 0 Å². The number of benzene rings is 1. The zero-order valence-corrected chi connectivity index (χ0v) is 13.6. The van der Waals surface area contributed by atoms with Crippen molar-refractivity contribution in [3.63, 3.8) is 0 Å². The molecule has 0 unspecified atom stereocenters. The van der Waals surface area contributed by atoms with Crippen LogP contribution < -0.4 is 16.2 Å². The highest BCUT2D eigenvalue weighted by Gasteiger charge is 2.23. The van der Waals surface area contributed by atoms with Crippen LogP contribution >= 0.6 is 0 Å². The van der Waals surface area contributed by atoms with Gasteiger partial charge >= 0.3 is 5.69 Å². The zero-order chi connectivity index (χ0) is 18.1. The molecule has 1 heterocycles. The Morgan fingerprint density at radius 1 is 1.24 bits per heavy atom. The van der Waals surface area contributed by atoms with E-state index in [-0.39, 0.29) is 17.3 Å². The summed E-state index contributed by atoms with van der Waals surface area (Å²) < 4.78 is 4.92. The van der Waals surface area contributed by atoms with Gasteiger partial charge in [-0.1, -0.05) is 18.2 Å². The summed E-state index contributed by atoms with van der Waals surface area (Å²) in [5.74, 6) is -0.491. The van der Waals surface area contributed by atoms with E-state index in [9.17, 15) is 14.9 Å². The molecule has 1 aromatic carbocycles. The summed E-state index contributed by atoms with van der Waals surface area (Å²) in [5.41, 5.74) is 4.91. The van der Waals surface area contributed by atoms with Crippen LogP contribution in [0, 0.1) is 10.1 Å². The lowest BCUT2D eigenvalue weighted by molar-refractivity contribution is -0.383. The first-order valence-electron chi connectivity index (χ1n) is 7.47. The molecular weight excluding hydrogens is 328 g/mol. The lowest BCUT2D eigenvalue weighted by Gasteiger charge is -2.10. The van der Waals surface area contributed by atoms with Gasteiger partial charge in [0.1, 0.15) is 6.33 Å². The molecule has 2 rings (SSSR count). The molecule has 0 spiro atoms. The van der Waals surface area contributed by atoms with Crippen molar-refractivity contribution in [2.45, 2.75) is 6.42 Å². The molecule has 0 bridgehead atoms. The fraction of sp³-hybridized carbons (Fsp3) is 0.267. The summed E-state index contributed by atoms with van der Waals surface area (Å²) in [6, 6.07) is 8.44. The van der Waals surface area contributed by atoms with Gasteiger partial charge in [-0.3, -0.25) is 25.8 Å². The highest BCUT2D eigenvalue weighted by atomic mass is 16.6. The first kappa shape index (κ1) is 18.1. The Balaban J connectivity index is 2.09. The minimum atomic E-state index is -0.615. The maximum absolute atomic E-state index is 12.0. The van der Waals surface area contributed by atoms with E-state index in [1.807, 2.05) is 0 Å². The Hall–Kier alpha value is -3.27. The molecule has 10 nitrogen and oxygen atoms in total. The van der Waals surface area contributed by atoms with Gasteiger partial charge in [0.05, 0.1) is 4.92 Å². The average Bonchev–Trinajstić information content (AvgIpc) is 2.63. The second-order valence-electron chi connectivity index (χ2n) is 4.89. The van der Waals surface area contributed by atoms with Crippen LogP contribution in [-0.4, -0.2) is 41.1 Å². The summed E-state index contributed by atoms with van der Waals surface area (Å²) in [5, 5.41) is 14.2. The van der Waals surface area contributed by atoms with Crippen LogP contribution in [0.4, 0.5) is 17.3 Å². The Bertz CT molecular complexity index is 725. The van der Waals surface area contributed by atoms with E-state index in [1.54, 1.807) is 37.4 Å². The molecule has 132 valence electrons. The molecule has 2 aromatic rings. The van der Waals surface area contributed by atoms with Crippen LogP contribution in [0.2, 0.25) is 0 Å². The van der Waals surface area contributed by atoms with Gasteiger partial charge < -0.3 is 10.1 Å². The number of carbonyl (C=O) groups excluding carboxylic acids is 1. The summed E-state index contributed by atoms with van der Waals surface area (Å²) in [6.07, 6.45) is 1.83. The Morgan fingerprint density at radius 2 is 1.96 bits per heavy atom. The van der Waals surface area contributed by atoms with Gasteiger partial charge in [-0.25, -0.2) is 9.97 Å². The topological polar surface area (TPSA) is 131 Å². The van der Waals surface area contributed by atoms with E-state index < -0.39 is 10.8 Å². The number of nitro groups is 1. The number of methoxy groups -OCH3 is 1. The predicted molar refractivity (Wildman–Crippen MR) is 91.2 cm³/mol. The van der Waals surface area contributed by atoms with Crippen molar-refractivity contribution in [1.29, 1.82) is 0 Å². The van der Waals surface area contributed by atoms with Crippen LogP contribution in [0.1, 0.15) is 16.8 Å². The minimum Gasteiger partial charge on any atom is -0.385 e. The van der Waals surface area contributed by atoms with E-state index in [4.69, 9.17) is 4.74 Å². The van der Waals surface area contributed by atoms with Gasteiger partial charge in [-0.2, -0.15) is 0 Å². The van der Waals surface area contributed by atoms with Crippen LogP contribution in [0.15, 0.2) is 36.7 Å². The molecule has 0 aliphatic carbocycles. The Morgan fingerprint density at radius 3 is 2.64 bits per heavy atom. The second-order valence-corrected chi connectivity index (χ2v) is 4.89. The highest BCUT2D eigenvalue weighted by molar-refractivity contribution is 5.95. The maximum atomic E-state index is 12.0. The van der Waals surface area contributed by atoms with E-state index in [0.717, 1.165) is 0 Å². The molecule has 0 atom stereocenters. The summed E-state index contributed by atoms with van der Waals surface area (Å²) >= 11 is 0. The number of hydrazine groups is 1. The molecule has 3 N–H and O–H groups in total. The number of anilines is 2. The van der Waals surface area contributed by atoms with Crippen molar-refractivity contribution in [3.8, 4) is 0 Å². The highest BCUT2D eigenvalue weighted by Crippen LogP contribution is 2.28. The molecule has 1 aromatic heterocycles. The summed E-state index contributed by atoms with van der Waals surface area (Å²) in [6.45, 7) is 0.964. The van der Waals surface area contributed by atoms with Crippen molar-refractivity contribution < 1.29 is 14.5 Å². The van der Waals surface area contributed by atoms with E-state index >= 15 is 0 Å². The van der Waals surface area contributed by atoms with Crippen LogP contribution in [-0.2, 0) is 4.74 Å². The fourth-order valence-corrected chi connectivity index (χ4v) is 1.97. The van der Waals surface area contributed by atoms with Gasteiger partial charge in [-0.15, -0.1) is 0 Å². The van der Waals surface area contributed by atoms with Crippen LogP contribution in [0.5, 0.6) is 0 Å². The molecular formula is C15H18N6O4. The average molecular weight is 346 g/mol. The third-order valence-corrected chi connectivity index (χ3v) is 3.15. The molecule has 0 aliphatic heterocycles. The molecule has 0 saturated heterocycles. The third-order valence-electron chi connectivity index (χ3n) is 3.15. The molecule has 0 fully saturated rings. The number of nitrogens with zero attached hydrogens (tertiary/aromatic N) is 3. The monoisotopic (exact) mass is 346 g/mol. The number of hydrogen-bond donors (Lipinski definition) is 3. The van der Waals surface area contributed by atoms with Gasteiger partial charge in [-0.05, 0) is 18.6 Å². The summed E-state index contributed by atoms with van der Waals surface area (Å²) in [4.78, 5) is 30.5. The first-order valence-corrected chi connectivity index (χ1v) is 7.47. The normalized spacial score (nSPS) is 10.1. The quantitative estimate of drug-likeness (QED) is 0.354. The molecule has 10 heteroatoms. The van der Waals surface area contributed by atoms with E-state index in [2.05, 4.69) is 26.1 Å². The standard InChI is InChI=1S/C15H18N6O4/c1-25-9-5-8-16-13-12(21(23)24)14(18-10-17-13)19-20-15(22)11-6-3-2-4-7-11/h2-4,6-7,10H,5,8-9H2,1H3,(H,20,22)(H2,16,17,18,19). The Kier molecular flexibility index (Phi) is 6.60. The molecule has 25 heavy (non-hydrogen) atoms. The number of carbonyl (C=O) groups is 1. The number of hydrogen-bond acceptors (Lipinski definition) is 8. The Labute approximate surface area is 143 Å². The van der Waals surface area contributed by atoms with Crippen molar-refractivity contribution in [2.75, 3.05) is 31.0 Å². The van der Waals surface area contributed by atoms with Crippen molar-refractivity contribution in [2.24, 2.45) is 0 Å². The van der Waals surface area contributed by atoms with Gasteiger partial charge in [0.15, 0.2) is 0 Å². The van der Waals surface area contributed by atoms with Crippen LogP contribution in [0.25, 0.3) is 0 Å². The van der Waals surface area contributed by atoms with E-state index in [0.29, 0.717) is 25.1 Å². The number of nitrogens with one attached hydrogen (secondary N) is 3. The number of ether oxygens (including phenoxy) is 1. The number of aromatic nitrogens is 2. The smallest absolute Gasteiger partial charge is 0.354 e. The molecule has 0 saturated carbocycles. The van der Waals surface area contributed by atoms with E-state index in [1.165, 1.54) is 6.33 Å². The lowest BCUT2D eigenvalue weighted by Crippen LogP contribution is -2.30. The number of amides is 1. The van der Waals surface area contributed by atoms with Crippen molar-refractivity contribution >= 4 is 23.2 Å². The van der Waals surface area contributed by atoms with Gasteiger partial charge in [0.2, 0.25) is 11.6 Å².